The standard InChI is InChI=1S/C21H18F2N8OS/c22-10-5-11-15(13(23)6-10)26-21(24)31-19(11)27-18(28-31)9-1-2-14-17-16-12(20(32)29(14)8-9)7-25-30(16)3-4-33-17/h5-7,9,14,17H,1-4,8H2,(H2,24,26)/t9-,14-,17?/m1/s1. The van der Waals surface area contributed by atoms with Crippen molar-refractivity contribution in [3.8, 4) is 0 Å². The Bertz CT molecular complexity index is 1480. The molecule has 3 aliphatic rings. The number of fused-ring (bicyclic) bond motifs is 5. The lowest BCUT2D eigenvalue weighted by atomic mass is 9.86. The minimum atomic E-state index is -0.801. The lowest BCUT2D eigenvalue weighted by molar-refractivity contribution is 0.0537. The molecule has 0 spiro atoms. The van der Waals surface area contributed by atoms with Crippen LogP contribution < -0.4 is 5.73 Å². The molecule has 12 heteroatoms. The fraction of sp³-hybridized carbons (Fsp3) is 0.381. The van der Waals surface area contributed by atoms with Crippen molar-refractivity contribution in [1.82, 2.24) is 34.3 Å². The van der Waals surface area contributed by atoms with E-state index in [9.17, 15) is 13.6 Å². The molecule has 0 bridgehead atoms. The lowest BCUT2D eigenvalue weighted by Crippen LogP contribution is -2.52. The summed E-state index contributed by atoms with van der Waals surface area (Å²) in [6, 6.07) is 2.06. The van der Waals surface area contributed by atoms with E-state index in [1.54, 1.807) is 6.20 Å². The van der Waals surface area contributed by atoms with Crippen molar-refractivity contribution in [3.63, 3.8) is 0 Å². The predicted octanol–water partition coefficient (Wildman–Crippen LogP) is 2.52. The third kappa shape index (κ3) is 2.61. The van der Waals surface area contributed by atoms with E-state index in [1.165, 1.54) is 10.6 Å². The number of carbonyl (C=O) groups excluding carboxylic acids is 1. The number of benzene rings is 1. The number of carbonyl (C=O) groups is 1. The van der Waals surface area contributed by atoms with Gasteiger partial charge in [0.15, 0.2) is 17.3 Å². The first-order chi connectivity index (χ1) is 16.0. The van der Waals surface area contributed by atoms with E-state index >= 15 is 0 Å². The second-order valence-corrected chi connectivity index (χ2v) is 9.97. The summed E-state index contributed by atoms with van der Waals surface area (Å²) in [6.07, 6.45) is 3.28. The molecule has 0 radical (unpaired) electrons. The van der Waals surface area contributed by atoms with Gasteiger partial charge in [-0.1, -0.05) is 0 Å². The van der Waals surface area contributed by atoms with Gasteiger partial charge in [0.25, 0.3) is 5.91 Å². The van der Waals surface area contributed by atoms with Crippen molar-refractivity contribution in [2.75, 3.05) is 18.0 Å². The Kier molecular flexibility index (Phi) is 3.86. The van der Waals surface area contributed by atoms with E-state index in [0.717, 1.165) is 36.9 Å². The highest BCUT2D eigenvalue weighted by atomic mass is 32.2. The highest BCUT2D eigenvalue weighted by Crippen LogP contribution is 2.48. The first-order valence-electron chi connectivity index (χ1n) is 10.8. The van der Waals surface area contributed by atoms with Crippen LogP contribution in [0.15, 0.2) is 18.3 Å². The Labute approximate surface area is 190 Å². The number of nitrogens with zero attached hydrogens (tertiary/aromatic N) is 7. The molecule has 1 unspecified atom stereocenters. The molecule has 168 valence electrons. The number of rotatable bonds is 1. The molecule has 1 aromatic carbocycles. The summed E-state index contributed by atoms with van der Waals surface area (Å²) in [5.74, 6) is -0.221. The summed E-state index contributed by atoms with van der Waals surface area (Å²) < 4.78 is 31.5. The summed E-state index contributed by atoms with van der Waals surface area (Å²) in [5, 5.41) is 9.38. The average molecular weight is 468 g/mol. The van der Waals surface area contributed by atoms with Gasteiger partial charge in [0, 0.05) is 30.3 Å². The summed E-state index contributed by atoms with van der Waals surface area (Å²) in [4.78, 5) is 23.9. The van der Waals surface area contributed by atoms with Crippen LogP contribution in [0, 0.1) is 11.6 Å². The minimum Gasteiger partial charge on any atom is -0.368 e. The molecule has 1 fully saturated rings. The zero-order chi connectivity index (χ0) is 22.4. The molecular formula is C21H18F2N8OS. The summed E-state index contributed by atoms with van der Waals surface area (Å²) in [5.41, 5.74) is 7.95. The van der Waals surface area contributed by atoms with Gasteiger partial charge < -0.3 is 10.6 Å². The third-order valence-corrected chi connectivity index (χ3v) is 8.24. The largest absolute Gasteiger partial charge is 0.368 e. The van der Waals surface area contributed by atoms with Crippen molar-refractivity contribution >= 4 is 40.2 Å². The monoisotopic (exact) mass is 468 g/mol. The zero-order valence-electron chi connectivity index (χ0n) is 17.3. The number of hydrogen-bond acceptors (Lipinski definition) is 7. The van der Waals surface area contributed by atoms with Gasteiger partial charge in [-0.05, 0) is 18.9 Å². The Morgan fingerprint density at radius 3 is 2.94 bits per heavy atom. The summed E-state index contributed by atoms with van der Waals surface area (Å²) in [7, 11) is 0. The van der Waals surface area contributed by atoms with Crippen molar-refractivity contribution in [3.05, 3.63) is 47.0 Å². The molecular weight excluding hydrogens is 450 g/mol. The topological polar surface area (TPSA) is 107 Å². The van der Waals surface area contributed by atoms with E-state index in [4.69, 9.17) is 5.73 Å². The first-order valence-corrected chi connectivity index (χ1v) is 11.8. The third-order valence-electron chi connectivity index (χ3n) is 6.92. The van der Waals surface area contributed by atoms with Gasteiger partial charge in [0.05, 0.1) is 34.6 Å². The smallest absolute Gasteiger partial charge is 0.257 e. The molecule has 2 N–H and O–H groups in total. The Balaban J connectivity index is 1.29. The first kappa shape index (κ1) is 19.2. The number of piperidine rings is 1. The van der Waals surface area contributed by atoms with Gasteiger partial charge in [-0.25, -0.2) is 18.7 Å². The van der Waals surface area contributed by atoms with E-state index in [2.05, 4.69) is 20.2 Å². The number of anilines is 1. The van der Waals surface area contributed by atoms with E-state index in [-0.39, 0.29) is 45.6 Å². The highest BCUT2D eigenvalue weighted by Gasteiger charge is 2.47. The number of nitrogen functional groups attached to an aromatic ring is 1. The quantitative estimate of drug-likeness (QED) is 0.457. The molecule has 0 saturated carbocycles. The number of aryl methyl sites for hydroxylation is 1. The molecule has 7 rings (SSSR count). The lowest BCUT2D eigenvalue weighted by Gasteiger charge is -2.46. The van der Waals surface area contributed by atoms with Gasteiger partial charge in [0.2, 0.25) is 5.95 Å². The summed E-state index contributed by atoms with van der Waals surface area (Å²) in [6.45, 7) is 1.30. The summed E-state index contributed by atoms with van der Waals surface area (Å²) >= 11 is 1.88. The van der Waals surface area contributed by atoms with Crippen molar-refractivity contribution in [2.24, 2.45) is 0 Å². The van der Waals surface area contributed by atoms with Gasteiger partial charge in [-0.15, -0.1) is 16.9 Å². The number of hydrogen-bond donors (Lipinski definition) is 1. The van der Waals surface area contributed by atoms with Crippen molar-refractivity contribution in [2.45, 2.75) is 36.6 Å². The van der Waals surface area contributed by atoms with E-state index in [0.29, 0.717) is 17.9 Å². The van der Waals surface area contributed by atoms with Crippen LogP contribution in [0.4, 0.5) is 14.7 Å². The fourth-order valence-electron chi connectivity index (χ4n) is 5.43. The molecule has 1 saturated heterocycles. The second-order valence-electron chi connectivity index (χ2n) is 8.72. The molecule has 4 aromatic rings. The number of thioether (sulfide) groups is 1. The maximum atomic E-state index is 14.3. The fourth-order valence-corrected chi connectivity index (χ4v) is 6.87. The van der Waals surface area contributed by atoms with Crippen LogP contribution in [0.25, 0.3) is 16.6 Å². The van der Waals surface area contributed by atoms with Crippen molar-refractivity contribution in [1.29, 1.82) is 0 Å². The van der Waals surface area contributed by atoms with Crippen LogP contribution in [0.3, 0.4) is 0 Å². The minimum absolute atomic E-state index is 0.00997. The van der Waals surface area contributed by atoms with Gasteiger partial charge >= 0.3 is 0 Å². The van der Waals surface area contributed by atoms with Gasteiger partial charge in [-0.2, -0.15) is 9.61 Å². The van der Waals surface area contributed by atoms with E-state index in [1.807, 2.05) is 21.3 Å². The highest BCUT2D eigenvalue weighted by molar-refractivity contribution is 7.99. The van der Waals surface area contributed by atoms with Crippen LogP contribution in [-0.4, -0.2) is 58.5 Å². The van der Waals surface area contributed by atoms with Crippen LogP contribution in [-0.2, 0) is 6.54 Å². The molecule has 6 heterocycles. The number of nitrogens with two attached hydrogens (primary N) is 1. The SMILES string of the molecule is Nc1nc2c(F)cc(F)cc2c2nc([C@@H]3CC[C@@H]4C5SCCn6ncc(c65)C(=O)N4C3)nn12. The van der Waals surface area contributed by atoms with E-state index < -0.39 is 11.6 Å². The molecule has 33 heavy (non-hydrogen) atoms. The van der Waals surface area contributed by atoms with Gasteiger partial charge in [-0.3, -0.25) is 9.48 Å². The molecule has 3 aliphatic heterocycles. The zero-order valence-corrected chi connectivity index (χ0v) is 18.1. The molecule has 9 nitrogen and oxygen atoms in total. The number of halogens is 2. The van der Waals surface area contributed by atoms with Crippen LogP contribution in [0.2, 0.25) is 0 Å². The maximum Gasteiger partial charge on any atom is 0.257 e. The molecule has 1 amide bonds. The number of amides is 1. The van der Waals surface area contributed by atoms with Crippen molar-refractivity contribution < 1.29 is 13.6 Å². The molecule has 0 aliphatic carbocycles. The Morgan fingerprint density at radius 2 is 2.06 bits per heavy atom. The molecule has 3 aromatic heterocycles. The van der Waals surface area contributed by atoms with Gasteiger partial charge in [0.1, 0.15) is 11.3 Å². The van der Waals surface area contributed by atoms with Crippen LogP contribution in [0.5, 0.6) is 0 Å². The average Bonchev–Trinajstić information content (AvgIpc) is 3.44. The Hall–Kier alpha value is -3.28. The second kappa shape index (κ2) is 6.62. The maximum absolute atomic E-state index is 14.3. The molecule has 3 atom stereocenters. The normalized spacial score (nSPS) is 24.4. The number of aromatic nitrogens is 6. The van der Waals surface area contributed by atoms with Crippen LogP contribution in [0.1, 0.15) is 45.9 Å². The van der Waals surface area contributed by atoms with Crippen LogP contribution >= 0.6 is 11.8 Å². The predicted molar refractivity (Wildman–Crippen MR) is 117 cm³/mol. The Morgan fingerprint density at radius 1 is 1.18 bits per heavy atom.